The summed E-state index contributed by atoms with van der Waals surface area (Å²) in [6, 6.07) is 4.76. The van der Waals surface area contributed by atoms with Gasteiger partial charge in [0.05, 0.1) is 24.4 Å². The molecular formula is C15H21BrN2O. The molecule has 2 N–H and O–H groups in total. The Balaban J connectivity index is 1.93. The highest BCUT2D eigenvalue weighted by molar-refractivity contribution is 9.10. The molecule has 1 saturated heterocycles. The predicted molar refractivity (Wildman–Crippen MR) is 82.6 cm³/mol. The summed E-state index contributed by atoms with van der Waals surface area (Å²) in [7, 11) is 0. The average Bonchev–Trinajstić information content (AvgIpc) is 2.42. The van der Waals surface area contributed by atoms with E-state index in [-0.39, 0.29) is 0 Å². The van der Waals surface area contributed by atoms with Crippen molar-refractivity contribution in [3.63, 3.8) is 0 Å². The lowest BCUT2D eigenvalue weighted by Crippen LogP contribution is -2.53. The van der Waals surface area contributed by atoms with Crippen LogP contribution < -0.4 is 10.6 Å². The zero-order valence-corrected chi connectivity index (χ0v) is 12.9. The minimum Gasteiger partial charge on any atom is -0.398 e. The Morgan fingerprint density at radius 1 is 1.32 bits per heavy atom. The Morgan fingerprint density at radius 2 is 2.11 bits per heavy atom. The number of nitrogens with zero attached hydrogens (tertiary/aromatic N) is 1. The summed E-state index contributed by atoms with van der Waals surface area (Å²) in [5.74, 6) is 0. The summed E-state index contributed by atoms with van der Waals surface area (Å²) in [5, 5.41) is 0. The minimum absolute atomic E-state index is 0.409. The van der Waals surface area contributed by atoms with Crippen LogP contribution >= 0.6 is 15.9 Å². The van der Waals surface area contributed by atoms with Crippen molar-refractivity contribution < 1.29 is 4.74 Å². The Labute approximate surface area is 123 Å². The number of nitrogen functional groups attached to an aromatic ring is 1. The maximum absolute atomic E-state index is 5.98. The van der Waals surface area contributed by atoms with Crippen molar-refractivity contribution in [2.45, 2.75) is 44.8 Å². The number of fused-ring (bicyclic) bond motifs is 1. The van der Waals surface area contributed by atoms with Gasteiger partial charge < -0.3 is 15.4 Å². The number of morpholine rings is 1. The van der Waals surface area contributed by atoms with E-state index in [1.54, 1.807) is 0 Å². The second kappa shape index (κ2) is 5.33. The van der Waals surface area contributed by atoms with E-state index in [1.165, 1.54) is 31.4 Å². The lowest BCUT2D eigenvalue weighted by molar-refractivity contribution is -0.00872. The van der Waals surface area contributed by atoms with Crippen LogP contribution in [0.25, 0.3) is 0 Å². The summed E-state index contributed by atoms with van der Waals surface area (Å²) in [5.41, 5.74) is 9.25. The topological polar surface area (TPSA) is 38.5 Å². The number of aryl methyl sites for hydroxylation is 1. The fraction of sp³-hybridized carbons (Fsp3) is 0.600. The van der Waals surface area contributed by atoms with Crippen LogP contribution in [0.4, 0.5) is 11.4 Å². The summed E-state index contributed by atoms with van der Waals surface area (Å²) >= 11 is 3.67. The normalized spacial score (nSPS) is 27.2. The zero-order chi connectivity index (χ0) is 13.4. The first kappa shape index (κ1) is 13.3. The van der Waals surface area contributed by atoms with Gasteiger partial charge in [-0.2, -0.15) is 0 Å². The first-order valence-electron chi connectivity index (χ1n) is 7.10. The molecule has 1 aromatic rings. The first-order chi connectivity index (χ1) is 9.16. The van der Waals surface area contributed by atoms with Gasteiger partial charge in [0.1, 0.15) is 0 Å². The van der Waals surface area contributed by atoms with Gasteiger partial charge in [0.15, 0.2) is 0 Å². The highest BCUT2D eigenvalue weighted by Gasteiger charge is 2.35. The van der Waals surface area contributed by atoms with Crippen LogP contribution in [0.2, 0.25) is 0 Å². The number of hydrogen-bond acceptors (Lipinski definition) is 3. The molecule has 104 valence electrons. The molecule has 1 heterocycles. The van der Waals surface area contributed by atoms with Gasteiger partial charge in [-0.25, -0.2) is 0 Å². The highest BCUT2D eigenvalue weighted by Crippen LogP contribution is 2.37. The van der Waals surface area contributed by atoms with E-state index in [0.717, 1.165) is 28.9 Å². The van der Waals surface area contributed by atoms with Crippen LogP contribution in [0.15, 0.2) is 16.6 Å². The molecule has 4 heteroatoms. The quantitative estimate of drug-likeness (QED) is 0.804. The Hall–Kier alpha value is -0.740. The van der Waals surface area contributed by atoms with E-state index in [9.17, 15) is 0 Å². The number of halogens is 1. The molecule has 3 rings (SSSR count). The molecular weight excluding hydrogens is 304 g/mol. The van der Waals surface area contributed by atoms with Crippen LogP contribution in [0.1, 0.15) is 31.2 Å². The molecule has 2 unspecified atom stereocenters. The standard InChI is InChI=1S/C15H21BrN2O/c1-10-8-14(11(16)9-12(10)17)18-6-7-19-15-5-3-2-4-13(15)18/h8-9,13,15H,2-7,17H2,1H3. The van der Waals surface area contributed by atoms with E-state index in [0.29, 0.717) is 12.1 Å². The van der Waals surface area contributed by atoms with Crippen molar-refractivity contribution in [2.24, 2.45) is 0 Å². The largest absolute Gasteiger partial charge is 0.398 e. The van der Waals surface area contributed by atoms with Crippen LogP contribution in [0.3, 0.4) is 0 Å². The molecule has 0 radical (unpaired) electrons. The molecule has 1 aromatic carbocycles. The second-order valence-corrected chi connectivity index (χ2v) is 6.47. The van der Waals surface area contributed by atoms with Gasteiger partial charge in [-0.15, -0.1) is 0 Å². The van der Waals surface area contributed by atoms with Crippen LogP contribution in [-0.2, 0) is 4.74 Å². The second-order valence-electron chi connectivity index (χ2n) is 5.61. The molecule has 0 spiro atoms. The smallest absolute Gasteiger partial charge is 0.0779 e. The monoisotopic (exact) mass is 324 g/mol. The number of rotatable bonds is 1. The number of nitrogens with two attached hydrogens (primary N) is 1. The van der Waals surface area contributed by atoms with Crippen molar-refractivity contribution in [1.29, 1.82) is 0 Å². The minimum atomic E-state index is 0.409. The van der Waals surface area contributed by atoms with E-state index < -0.39 is 0 Å². The van der Waals surface area contributed by atoms with Gasteiger partial charge in [-0.3, -0.25) is 0 Å². The van der Waals surface area contributed by atoms with Gasteiger partial charge in [-0.1, -0.05) is 12.8 Å². The maximum atomic E-state index is 5.98. The van der Waals surface area contributed by atoms with Crippen molar-refractivity contribution in [2.75, 3.05) is 23.8 Å². The van der Waals surface area contributed by atoms with Gasteiger partial charge in [0.25, 0.3) is 0 Å². The summed E-state index contributed by atoms with van der Waals surface area (Å²) in [6.07, 6.45) is 5.46. The molecule has 0 amide bonds. The SMILES string of the molecule is Cc1cc(N2CCOC3CCCCC32)c(Br)cc1N. The molecule has 1 aliphatic heterocycles. The van der Waals surface area contributed by atoms with Gasteiger partial charge in [0.2, 0.25) is 0 Å². The maximum Gasteiger partial charge on any atom is 0.0779 e. The fourth-order valence-corrected chi connectivity index (χ4v) is 3.89. The first-order valence-corrected chi connectivity index (χ1v) is 7.90. The molecule has 0 bridgehead atoms. The van der Waals surface area contributed by atoms with E-state index in [4.69, 9.17) is 10.5 Å². The van der Waals surface area contributed by atoms with E-state index >= 15 is 0 Å². The molecule has 0 aromatic heterocycles. The Morgan fingerprint density at radius 3 is 2.95 bits per heavy atom. The van der Waals surface area contributed by atoms with Crippen molar-refractivity contribution in [3.05, 3.63) is 22.2 Å². The Kier molecular flexibility index (Phi) is 3.72. The molecule has 2 aliphatic rings. The third kappa shape index (κ3) is 2.48. The number of anilines is 2. The van der Waals surface area contributed by atoms with Crippen molar-refractivity contribution in [1.82, 2.24) is 0 Å². The van der Waals surface area contributed by atoms with Crippen molar-refractivity contribution >= 4 is 27.3 Å². The molecule has 3 nitrogen and oxygen atoms in total. The molecule has 19 heavy (non-hydrogen) atoms. The van der Waals surface area contributed by atoms with Crippen molar-refractivity contribution in [3.8, 4) is 0 Å². The van der Waals surface area contributed by atoms with E-state index in [2.05, 4.69) is 33.8 Å². The molecule has 1 saturated carbocycles. The lowest BCUT2D eigenvalue weighted by atomic mass is 9.89. The predicted octanol–water partition coefficient (Wildman–Crippen LogP) is 3.49. The zero-order valence-electron chi connectivity index (χ0n) is 11.4. The third-order valence-electron chi connectivity index (χ3n) is 4.38. The number of hydrogen-bond donors (Lipinski definition) is 1. The summed E-state index contributed by atoms with van der Waals surface area (Å²) in [4.78, 5) is 2.52. The number of benzene rings is 1. The highest BCUT2D eigenvalue weighted by atomic mass is 79.9. The van der Waals surface area contributed by atoms with Gasteiger partial charge in [-0.05, 0) is 53.4 Å². The van der Waals surface area contributed by atoms with Gasteiger partial charge >= 0.3 is 0 Å². The van der Waals surface area contributed by atoms with Crippen LogP contribution in [0, 0.1) is 6.92 Å². The summed E-state index contributed by atoms with van der Waals surface area (Å²) in [6.45, 7) is 3.88. The molecule has 1 aliphatic carbocycles. The fourth-order valence-electron chi connectivity index (χ4n) is 3.30. The Bertz CT molecular complexity index is 475. The third-order valence-corrected chi connectivity index (χ3v) is 5.01. The lowest BCUT2D eigenvalue weighted by Gasteiger charge is -2.45. The average molecular weight is 325 g/mol. The van der Waals surface area contributed by atoms with E-state index in [1.807, 2.05) is 6.07 Å². The summed E-state index contributed by atoms with van der Waals surface area (Å²) < 4.78 is 7.04. The van der Waals surface area contributed by atoms with Gasteiger partial charge in [0, 0.05) is 16.7 Å². The number of ether oxygens (including phenoxy) is 1. The van der Waals surface area contributed by atoms with Crippen LogP contribution in [0.5, 0.6) is 0 Å². The van der Waals surface area contributed by atoms with Crippen LogP contribution in [-0.4, -0.2) is 25.3 Å². The molecule has 2 fully saturated rings. The molecule has 2 atom stereocenters.